The summed E-state index contributed by atoms with van der Waals surface area (Å²) in [6.07, 6.45) is 1.18. The highest BCUT2D eigenvalue weighted by molar-refractivity contribution is 9.26. The molecule has 0 saturated heterocycles. The molecule has 0 saturated carbocycles. The van der Waals surface area contributed by atoms with E-state index in [-0.39, 0.29) is 11.3 Å². The monoisotopic (exact) mass is 650 g/mol. The first-order valence-electron chi connectivity index (χ1n) is 10.2. The van der Waals surface area contributed by atoms with Gasteiger partial charge in [-0.05, 0) is 42.2 Å². The molecule has 5 nitrogen and oxygen atoms in total. The van der Waals surface area contributed by atoms with Crippen LogP contribution in [0.15, 0.2) is 57.8 Å². The molecular formula is C24H17Br3N2O3S. The van der Waals surface area contributed by atoms with Crippen molar-refractivity contribution in [1.29, 1.82) is 0 Å². The van der Waals surface area contributed by atoms with Crippen molar-refractivity contribution in [2.24, 2.45) is 0 Å². The Morgan fingerprint density at radius 3 is 2.64 bits per heavy atom. The van der Waals surface area contributed by atoms with Crippen LogP contribution in [0.3, 0.4) is 0 Å². The van der Waals surface area contributed by atoms with Crippen LogP contribution in [0.2, 0.25) is 0 Å². The van der Waals surface area contributed by atoms with Crippen molar-refractivity contribution in [3.63, 3.8) is 0 Å². The van der Waals surface area contributed by atoms with E-state index >= 15 is 0 Å². The molecular weight excluding hydrogens is 636 g/mol. The number of aryl methyl sites for hydroxylation is 1. The van der Waals surface area contributed by atoms with Gasteiger partial charge in [0.1, 0.15) is 19.6 Å². The Balaban J connectivity index is 1.80. The van der Waals surface area contributed by atoms with Crippen molar-refractivity contribution >= 4 is 75.1 Å². The first kappa shape index (κ1) is 23.0. The van der Waals surface area contributed by atoms with E-state index in [1.807, 2.05) is 48.5 Å². The fourth-order valence-corrected chi connectivity index (χ4v) is 6.83. The predicted molar refractivity (Wildman–Crippen MR) is 142 cm³/mol. The fourth-order valence-electron chi connectivity index (χ4n) is 4.07. The number of fused-ring (bicyclic) bond motifs is 3. The van der Waals surface area contributed by atoms with E-state index < -0.39 is 3.23 Å². The zero-order valence-corrected chi connectivity index (χ0v) is 23.0. The second-order valence-corrected chi connectivity index (χ2v) is 13.5. The second-order valence-electron chi connectivity index (χ2n) is 7.82. The molecule has 0 fully saturated rings. The molecule has 1 aliphatic carbocycles. The number of nitrogens with zero attached hydrogens (tertiary/aromatic N) is 2. The largest absolute Gasteiger partial charge is 0.497 e. The molecule has 2 heterocycles. The third-order valence-electron chi connectivity index (χ3n) is 5.69. The average Bonchev–Trinajstić information content (AvgIpc) is 3.17. The van der Waals surface area contributed by atoms with Gasteiger partial charge in [-0.15, -0.1) is 11.3 Å². The Hall–Kier alpha value is -1.81. The first-order chi connectivity index (χ1) is 15.8. The molecule has 2 aromatic heterocycles. The predicted octanol–water partition coefficient (Wildman–Crippen LogP) is 6.56. The molecule has 168 valence electrons. The summed E-state index contributed by atoms with van der Waals surface area (Å²) in [5.74, 6) is 1.13. The Bertz CT molecular complexity index is 1460. The lowest BCUT2D eigenvalue weighted by Crippen LogP contribution is -2.30. The summed E-state index contributed by atoms with van der Waals surface area (Å²) in [5, 5.41) is 0.542. The number of methoxy groups -OCH3 is 1. The number of carbonyl (C=O) groups is 1. The van der Waals surface area contributed by atoms with Crippen LogP contribution in [0, 0.1) is 0 Å². The number of Topliss-reactive ketones (excluding diaryl/α,β-unsaturated/α-hetero) is 1. The smallest absolute Gasteiger partial charge is 0.263 e. The van der Waals surface area contributed by atoms with Crippen LogP contribution in [-0.2, 0) is 13.0 Å². The minimum absolute atomic E-state index is 0.0635. The molecule has 0 unspecified atom stereocenters. The van der Waals surface area contributed by atoms with Crippen molar-refractivity contribution in [1.82, 2.24) is 9.55 Å². The summed E-state index contributed by atoms with van der Waals surface area (Å²) in [6.45, 7) is 0.367. The van der Waals surface area contributed by atoms with E-state index in [0.717, 1.165) is 21.2 Å². The highest BCUT2D eigenvalue weighted by Gasteiger charge is 2.41. The number of aromatic nitrogens is 2. The third-order valence-corrected chi connectivity index (χ3v) is 8.78. The van der Waals surface area contributed by atoms with Gasteiger partial charge in [-0.25, -0.2) is 4.98 Å². The highest BCUT2D eigenvalue weighted by atomic mass is 79.9. The molecule has 0 amide bonds. The molecule has 5 rings (SSSR count). The van der Waals surface area contributed by atoms with Crippen LogP contribution in [-0.4, -0.2) is 25.7 Å². The molecule has 0 aliphatic heterocycles. The molecule has 9 heteroatoms. The minimum Gasteiger partial charge on any atom is -0.497 e. The Morgan fingerprint density at radius 2 is 1.91 bits per heavy atom. The van der Waals surface area contributed by atoms with Crippen molar-refractivity contribution in [2.75, 3.05) is 7.11 Å². The van der Waals surface area contributed by atoms with Crippen LogP contribution in [0.5, 0.6) is 5.75 Å². The molecule has 0 spiro atoms. The Labute approximate surface area is 219 Å². The summed E-state index contributed by atoms with van der Waals surface area (Å²) < 4.78 is 7.16. The zero-order chi connectivity index (χ0) is 23.3. The van der Waals surface area contributed by atoms with Gasteiger partial charge in [0.25, 0.3) is 5.56 Å². The minimum atomic E-state index is -0.794. The molecule has 33 heavy (non-hydrogen) atoms. The van der Waals surface area contributed by atoms with E-state index in [0.29, 0.717) is 46.1 Å². The lowest BCUT2D eigenvalue weighted by atomic mass is 9.96. The SMILES string of the molecule is COc1cc(Br)cc(-c2nc3sc4c(c3c(=O)n2Cc2ccccc2)CCC(Br)(Br)C4=O)c1. The normalized spacial score (nSPS) is 15.0. The second kappa shape index (κ2) is 8.76. The molecule has 0 N–H and O–H groups in total. The maximum atomic E-state index is 13.9. The van der Waals surface area contributed by atoms with Gasteiger partial charge in [-0.3, -0.25) is 14.2 Å². The van der Waals surface area contributed by atoms with Crippen molar-refractivity contribution in [2.45, 2.75) is 22.6 Å². The van der Waals surface area contributed by atoms with Gasteiger partial charge in [-0.2, -0.15) is 0 Å². The number of halogens is 3. The van der Waals surface area contributed by atoms with Gasteiger partial charge in [0.05, 0.1) is 23.9 Å². The van der Waals surface area contributed by atoms with Gasteiger partial charge in [0, 0.05) is 10.0 Å². The van der Waals surface area contributed by atoms with Crippen LogP contribution >= 0.6 is 59.1 Å². The van der Waals surface area contributed by atoms with E-state index in [9.17, 15) is 9.59 Å². The standard InChI is InChI=1S/C24H17Br3N2O3S/c1-32-16-10-14(9-15(25)11-16)21-28-22-18(17-7-8-24(26,27)20(30)19(17)33-22)23(31)29(21)12-13-5-3-2-4-6-13/h2-6,9-11H,7-8,12H2,1H3. The van der Waals surface area contributed by atoms with Crippen LogP contribution < -0.4 is 10.3 Å². The van der Waals surface area contributed by atoms with Gasteiger partial charge in [-0.1, -0.05) is 78.1 Å². The summed E-state index contributed by atoms with van der Waals surface area (Å²) in [5.41, 5.74) is 2.40. The van der Waals surface area contributed by atoms with Crippen molar-refractivity contribution < 1.29 is 9.53 Å². The van der Waals surface area contributed by atoms with Gasteiger partial charge in [0.15, 0.2) is 5.78 Å². The number of alkyl halides is 2. The number of ether oxygens (including phenoxy) is 1. The molecule has 0 radical (unpaired) electrons. The van der Waals surface area contributed by atoms with E-state index in [1.54, 1.807) is 11.7 Å². The number of rotatable bonds is 4. The molecule has 0 bridgehead atoms. The lowest BCUT2D eigenvalue weighted by Gasteiger charge is -2.23. The summed E-state index contributed by atoms with van der Waals surface area (Å²) in [4.78, 5) is 33.0. The number of thiophene rings is 1. The first-order valence-corrected chi connectivity index (χ1v) is 13.4. The number of hydrogen-bond donors (Lipinski definition) is 0. The number of hydrogen-bond acceptors (Lipinski definition) is 5. The zero-order valence-electron chi connectivity index (χ0n) is 17.4. The summed E-state index contributed by atoms with van der Waals surface area (Å²) >= 11 is 11.8. The topological polar surface area (TPSA) is 61.2 Å². The van der Waals surface area contributed by atoms with Crippen LogP contribution in [0.1, 0.15) is 27.2 Å². The van der Waals surface area contributed by atoms with Gasteiger partial charge in [0.2, 0.25) is 0 Å². The maximum absolute atomic E-state index is 13.9. The fraction of sp³-hybridized carbons (Fsp3) is 0.208. The van der Waals surface area contributed by atoms with Gasteiger partial charge < -0.3 is 4.74 Å². The molecule has 4 aromatic rings. The highest BCUT2D eigenvalue weighted by Crippen LogP contribution is 2.45. The number of benzene rings is 2. The lowest BCUT2D eigenvalue weighted by molar-refractivity contribution is 0.0977. The van der Waals surface area contributed by atoms with Crippen LogP contribution in [0.25, 0.3) is 21.6 Å². The van der Waals surface area contributed by atoms with E-state index in [4.69, 9.17) is 9.72 Å². The van der Waals surface area contributed by atoms with Crippen LogP contribution in [0.4, 0.5) is 0 Å². The third kappa shape index (κ3) is 4.13. The molecule has 1 aliphatic rings. The van der Waals surface area contributed by atoms with Gasteiger partial charge >= 0.3 is 0 Å². The Kier molecular flexibility index (Phi) is 6.09. The maximum Gasteiger partial charge on any atom is 0.263 e. The number of ketones is 1. The van der Waals surface area contributed by atoms with Crippen molar-refractivity contribution in [3.05, 3.63) is 79.4 Å². The Morgan fingerprint density at radius 1 is 1.15 bits per heavy atom. The summed E-state index contributed by atoms with van der Waals surface area (Å²) in [7, 11) is 1.60. The van der Waals surface area contributed by atoms with E-state index in [2.05, 4.69) is 47.8 Å². The average molecular weight is 653 g/mol. The number of carbonyl (C=O) groups excluding carboxylic acids is 1. The molecule has 0 atom stereocenters. The van der Waals surface area contributed by atoms with E-state index in [1.165, 1.54) is 11.3 Å². The van der Waals surface area contributed by atoms with Crippen molar-refractivity contribution in [3.8, 4) is 17.1 Å². The quantitative estimate of drug-likeness (QED) is 0.234. The summed E-state index contributed by atoms with van der Waals surface area (Å²) in [6, 6.07) is 15.4. The molecule has 2 aromatic carbocycles.